The molecular formula is C38H59N5O2. The molecule has 0 radical (unpaired) electrons. The summed E-state index contributed by atoms with van der Waals surface area (Å²) in [6.07, 6.45) is 18.8. The van der Waals surface area contributed by atoms with Crippen molar-refractivity contribution < 1.29 is 10.2 Å². The van der Waals surface area contributed by atoms with Gasteiger partial charge >= 0.3 is 0 Å². The largest absolute Gasteiger partial charge is 0.507 e. The summed E-state index contributed by atoms with van der Waals surface area (Å²) in [5.74, 6) is 0.628. The molecule has 2 aliphatic rings. The summed E-state index contributed by atoms with van der Waals surface area (Å²) in [7, 11) is 2.12. The monoisotopic (exact) mass is 617 g/mol. The summed E-state index contributed by atoms with van der Waals surface area (Å²) in [5, 5.41) is 25.9. The Morgan fingerprint density at radius 2 is 1.53 bits per heavy atom. The Hall–Kier alpha value is -2.74. The summed E-state index contributed by atoms with van der Waals surface area (Å²) in [4.78, 5) is 12.1. The number of nitrogens with zero attached hydrogens (tertiary/aromatic N) is 3. The number of likely N-dealkylation sites (N-methyl/N-ethyl adjacent to an activating group) is 1. The van der Waals surface area contributed by atoms with E-state index in [0.717, 1.165) is 78.3 Å². The number of nitrogens with one attached hydrogen (secondary N) is 1. The van der Waals surface area contributed by atoms with Crippen LogP contribution in [0.5, 0.6) is 11.5 Å². The Morgan fingerprint density at radius 3 is 2.24 bits per heavy atom. The average molecular weight is 618 g/mol. The van der Waals surface area contributed by atoms with Gasteiger partial charge in [-0.15, -0.1) is 0 Å². The number of rotatable bonds is 15. The van der Waals surface area contributed by atoms with Crippen LogP contribution >= 0.6 is 0 Å². The minimum Gasteiger partial charge on any atom is -0.507 e. The van der Waals surface area contributed by atoms with Gasteiger partial charge < -0.3 is 21.3 Å². The third-order valence-electron chi connectivity index (χ3n) is 9.75. The molecule has 2 aromatic rings. The third-order valence-corrected chi connectivity index (χ3v) is 9.75. The van der Waals surface area contributed by atoms with Crippen molar-refractivity contribution in [3.8, 4) is 11.5 Å². The molecule has 0 spiro atoms. The maximum atomic E-state index is 11.3. The fourth-order valence-electron chi connectivity index (χ4n) is 7.13. The number of nitrogens with two attached hydrogens (primary N) is 1. The van der Waals surface area contributed by atoms with E-state index in [9.17, 15) is 10.2 Å². The molecule has 3 atom stereocenters. The van der Waals surface area contributed by atoms with Gasteiger partial charge in [-0.05, 0) is 76.3 Å². The standard InChI is InChI=1S/C38H59N5O2/c1-5-6-8-15-34(25-40-22-29-18-27(2)19-30(37(29)44)23-41-33-13-9-7-10-14-33)42-24-31-20-28(3)21-32(38(31)45)26-43(4)36-17-12-11-16-35(36)39/h18-21,23-24,33-36,40,44-45H,5-17,22,25-26,39H2,1-4H3. The van der Waals surface area contributed by atoms with Gasteiger partial charge in [0.05, 0.1) is 6.04 Å². The lowest BCUT2D eigenvalue weighted by atomic mass is 9.89. The Balaban J connectivity index is 1.42. The van der Waals surface area contributed by atoms with E-state index < -0.39 is 0 Å². The highest BCUT2D eigenvalue weighted by Gasteiger charge is 2.26. The Kier molecular flexibility index (Phi) is 13.9. The SMILES string of the molecule is CCCCCC(CNCc1cc(C)cc(C=NC2CCCCC2)c1O)N=Cc1cc(C)cc(CN(C)C2CCCCC2N)c1O. The first kappa shape index (κ1) is 35.1. The van der Waals surface area contributed by atoms with Crippen LogP contribution in [0.3, 0.4) is 0 Å². The number of unbranched alkanes of at least 4 members (excludes halogenated alkanes) is 2. The van der Waals surface area contributed by atoms with Crippen LogP contribution in [0.1, 0.15) is 124 Å². The number of hydrogen-bond donors (Lipinski definition) is 4. The molecule has 0 amide bonds. The number of phenols is 2. The van der Waals surface area contributed by atoms with Crippen LogP contribution in [-0.4, -0.2) is 65.3 Å². The molecule has 0 bridgehead atoms. The Labute approximate surface area is 272 Å². The second-order valence-corrected chi connectivity index (χ2v) is 13.8. The van der Waals surface area contributed by atoms with E-state index in [0.29, 0.717) is 43.2 Å². The van der Waals surface area contributed by atoms with Crippen LogP contribution in [-0.2, 0) is 13.1 Å². The molecule has 2 saturated carbocycles. The van der Waals surface area contributed by atoms with Gasteiger partial charge in [-0.25, -0.2) is 0 Å². The van der Waals surface area contributed by atoms with Gasteiger partial charge in [-0.1, -0.05) is 70.4 Å². The van der Waals surface area contributed by atoms with E-state index in [2.05, 4.69) is 50.2 Å². The first-order valence-electron chi connectivity index (χ1n) is 17.6. The van der Waals surface area contributed by atoms with Crippen LogP contribution in [0, 0.1) is 13.8 Å². The quantitative estimate of drug-likeness (QED) is 0.124. The highest BCUT2D eigenvalue weighted by Crippen LogP contribution is 2.29. The highest BCUT2D eigenvalue weighted by atomic mass is 16.3. The van der Waals surface area contributed by atoms with Gasteiger partial charge in [0, 0.05) is 72.4 Å². The van der Waals surface area contributed by atoms with Gasteiger partial charge in [0.15, 0.2) is 0 Å². The maximum Gasteiger partial charge on any atom is 0.128 e. The van der Waals surface area contributed by atoms with Gasteiger partial charge in [0.25, 0.3) is 0 Å². The second kappa shape index (κ2) is 17.8. The zero-order chi connectivity index (χ0) is 32.2. The van der Waals surface area contributed by atoms with Crippen molar-refractivity contribution in [3.05, 3.63) is 57.6 Å². The summed E-state index contributed by atoms with van der Waals surface area (Å²) in [5.41, 5.74) is 12.1. The van der Waals surface area contributed by atoms with E-state index in [4.69, 9.17) is 15.7 Å². The average Bonchev–Trinajstić information content (AvgIpc) is 3.03. The summed E-state index contributed by atoms with van der Waals surface area (Å²) >= 11 is 0. The highest BCUT2D eigenvalue weighted by molar-refractivity contribution is 5.85. The molecule has 3 unspecified atom stereocenters. The molecule has 4 rings (SSSR count). The molecule has 45 heavy (non-hydrogen) atoms. The molecule has 0 heterocycles. The number of phenolic OH excluding ortho intramolecular Hbond substituents is 2. The van der Waals surface area contributed by atoms with Crippen LogP contribution in [0.15, 0.2) is 34.3 Å². The van der Waals surface area contributed by atoms with Crippen molar-refractivity contribution in [3.63, 3.8) is 0 Å². The predicted molar refractivity (Wildman–Crippen MR) is 189 cm³/mol. The third kappa shape index (κ3) is 10.7. The normalized spacial score (nSPS) is 20.5. The number of aromatic hydroxyl groups is 2. The molecule has 2 aliphatic carbocycles. The van der Waals surface area contributed by atoms with Crippen LogP contribution in [0.2, 0.25) is 0 Å². The lowest BCUT2D eigenvalue weighted by Crippen LogP contribution is -2.47. The Morgan fingerprint density at radius 1 is 0.889 bits per heavy atom. The summed E-state index contributed by atoms with van der Waals surface area (Å²) < 4.78 is 0. The fourth-order valence-corrected chi connectivity index (χ4v) is 7.13. The van der Waals surface area contributed by atoms with Crippen LogP contribution in [0.4, 0.5) is 0 Å². The van der Waals surface area contributed by atoms with E-state index in [1.54, 1.807) is 0 Å². The van der Waals surface area contributed by atoms with E-state index in [1.807, 2.05) is 24.6 Å². The summed E-state index contributed by atoms with van der Waals surface area (Å²) in [6, 6.07) is 9.16. The van der Waals surface area contributed by atoms with Gasteiger partial charge in [-0.3, -0.25) is 14.9 Å². The van der Waals surface area contributed by atoms with Gasteiger partial charge in [-0.2, -0.15) is 0 Å². The Bertz CT molecular complexity index is 1270. The number of benzene rings is 2. The lowest BCUT2D eigenvalue weighted by Gasteiger charge is -2.36. The zero-order valence-electron chi connectivity index (χ0n) is 28.4. The van der Waals surface area contributed by atoms with E-state index >= 15 is 0 Å². The zero-order valence-corrected chi connectivity index (χ0v) is 28.4. The van der Waals surface area contributed by atoms with Crippen molar-refractivity contribution in [2.75, 3.05) is 13.6 Å². The molecule has 7 nitrogen and oxygen atoms in total. The van der Waals surface area contributed by atoms with Crippen molar-refractivity contribution in [1.82, 2.24) is 10.2 Å². The maximum absolute atomic E-state index is 11.3. The van der Waals surface area contributed by atoms with Crippen molar-refractivity contribution in [2.24, 2.45) is 15.7 Å². The molecule has 2 aromatic carbocycles. The first-order valence-corrected chi connectivity index (χ1v) is 17.6. The molecule has 248 valence electrons. The molecule has 0 aliphatic heterocycles. The molecular weight excluding hydrogens is 558 g/mol. The molecule has 2 fully saturated rings. The van der Waals surface area contributed by atoms with Crippen LogP contribution in [0.25, 0.3) is 0 Å². The second-order valence-electron chi connectivity index (χ2n) is 13.8. The minimum absolute atomic E-state index is 0.0714. The first-order chi connectivity index (χ1) is 21.7. The molecule has 0 saturated heterocycles. The number of hydrogen-bond acceptors (Lipinski definition) is 7. The van der Waals surface area contributed by atoms with E-state index in [1.165, 1.54) is 38.5 Å². The molecule has 5 N–H and O–H groups in total. The minimum atomic E-state index is 0.0714. The summed E-state index contributed by atoms with van der Waals surface area (Å²) in [6.45, 7) is 8.29. The lowest BCUT2D eigenvalue weighted by molar-refractivity contribution is 0.161. The van der Waals surface area contributed by atoms with E-state index in [-0.39, 0.29) is 12.1 Å². The number of aliphatic imine (C=N–C) groups is 2. The molecule has 7 heteroatoms. The van der Waals surface area contributed by atoms with Crippen LogP contribution < -0.4 is 11.1 Å². The van der Waals surface area contributed by atoms with Gasteiger partial charge in [0.2, 0.25) is 0 Å². The number of aryl methyl sites for hydroxylation is 2. The molecule has 0 aromatic heterocycles. The topological polar surface area (TPSA) is 106 Å². The van der Waals surface area contributed by atoms with Gasteiger partial charge in [0.1, 0.15) is 11.5 Å². The van der Waals surface area contributed by atoms with Crippen molar-refractivity contribution >= 4 is 12.4 Å². The fraction of sp³-hybridized carbons (Fsp3) is 0.632. The van der Waals surface area contributed by atoms with Crippen molar-refractivity contribution in [1.29, 1.82) is 0 Å². The smallest absolute Gasteiger partial charge is 0.128 e. The predicted octanol–water partition coefficient (Wildman–Crippen LogP) is 7.33. The van der Waals surface area contributed by atoms with Crippen molar-refractivity contribution in [2.45, 2.75) is 141 Å².